The van der Waals surface area contributed by atoms with Crippen LogP contribution in [0.1, 0.15) is 25.0 Å². The zero-order chi connectivity index (χ0) is 40.7. The SMILES string of the molecule is CC1(C)c2ccccc2-c2cccc(-c3ccccc3N(c3ccc(-c4ccc5oc6ccccc6c5c4)cc3)c3ccc(-c4cccc5c4ccc4ccccc45)cc3)c21. The topological polar surface area (TPSA) is 16.4 Å². The van der Waals surface area contributed by atoms with E-state index in [0.29, 0.717) is 0 Å². The Balaban J connectivity index is 1.01. The average Bonchev–Trinajstić information content (AvgIpc) is 3.81. The van der Waals surface area contributed by atoms with Gasteiger partial charge >= 0.3 is 0 Å². The first-order valence-corrected chi connectivity index (χ1v) is 21.2. The number of rotatable bonds is 6. The van der Waals surface area contributed by atoms with Crippen molar-refractivity contribution in [2.24, 2.45) is 0 Å². The highest BCUT2D eigenvalue weighted by atomic mass is 16.3. The van der Waals surface area contributed by atoms with Crippen LogP contribution < -0.4 is 4.90 Å². The Hall–Kier alpha value is -7.68. The Morgan fingerprint density at radius 2 is 0.934 bits per heavy atom. The third-order valence-corrected chi connectivity index (χ3v) is 13.1. The molecule has 0 radical (unpaired) electrons. The quantitative estimate of drug-likeness (QED) is 0.156. The van der Waals surface area contributed by atoms with Crippen LogP contribution in [0.5, 0.6) is 0 Å². The molecule has 0 saturated carbocycles. The molecule has 2 nitrogen and oxygen atoms in total. The Bertz CT molecular complexity index is 3500. The summed E-state index contributed by atoms with van der Waals surface area (Å²) in [5.41, 5.74) is 17.6. The molecular weight excluding hydrogens is 739 g/mol. The lowest BCUT2D eigenvalue weighted by Gasteiger charge is -2.30. The summed E-state index contributed by atoms with van der Waals surface area (Å²) in [6, 6.07) is 77.5. The summed E-state index contributed by atoms with van der Waals surface area (Å²) in [5, 5.41) is 7.34. The molecule has 1 aromatic heterocycles. The zero-order valence-electron chi connectivity index (χ0n) is 34.1. The van der Waals surface area contributed by atoms with Gasteiger partial charge in [0.2, 0.25) is 0 Å². The Morgan fingerprint density at radius 3 is 1.75 bits per heavy atom. The Morgan fingerprint density at radius 1 is 0.361 bits per heavy atom. The van der Waals surface area contributed by atoms with E-state index in [-0.39, 0.29) is 5.41 Å². The lowest BCUT2D eigenvalue weighted by molar-refractivity contribution is 0.662. The fourth-order valence-electron chi connectivity index (χ4n) is 10.2. The zero-order valence-corrected chi connectivity index (χ0v) is 34.1. The van der Waals surface area contributed by atoms with Gasteiger partial charge in [0.05, 0.1) is 5.69 Å². The number of furan rings is 1. The molecule has 0 amide bonds. The van der Waals surface area contributed by atoms with Gasteiger partial charge in [-0.05, 0) is 120 Å². The van der Waals surface area contributed by atoms with E-state index in [4.69, 9.17) is 4.42 Å². The maximum absolute atomic E-state index is 6.17. The molecule has 0 N–H and O–H groups in total. The van der Waals surface area contributed by atoms with Crippen molar-refractivity contribution in [1.29, 1.82) is 0 Å². The maximum Gasteiger partial charge on any atom is 0.135 e. The number of hydrogen-bond donors (Lipinski definition) is 0. The molecular formula is C59H41NO. The van der Waals surface area contributed by atoms with Crippen molar-refractivity contribution in [3.05, 3.63) is 223 Å². The van der Waals surface area contributed by atoms with Gasteiger partial charge in [-0.15, -0.1) is 0 Å². The standard InChI is InChI=1S/C59H41NO/c1-59(2)54-22-8-5-15-48(54)51-20-12-21-52(58(51)59)49-16-6-9-23-55(49)60(42-31-25-38(26-32-42)41-30-36-57-53(37-41)50-17-7-10-24-56(50)61-57)43-33-27-40(28-34-43)45-18-11-19-46-44-14-4-3-13-39(44)29-35-47(45)46/h3-37H,1-2H3. The smallest absolute Gasteiger partial charge is 0.135 e. The van der Waals surface area contributed by atoms with Crippen LogP contribution in [0.15, 0.2) is 217 Å². The van der Waals surface area contributed by atoms with Crippen LogP contribution in [0.3, 0.4) is 0 Å². The first kappa shape index (κ1) is 35.3. The second-order valence-electron chi connectivity index (χ2n) is 16.8. The van der Waals surface area contributed by atoms with Crippen molar-refractivity contribution in [2.45, 2.75) is 19.3 Å². The van der Waals surface area contributed by atoms with E-state index >= 15 is 0 Å². The van der Waals surface area contributed by atoms with Crippen LogP contribution in [0.25, 0.3) is 88.0 Å². The van der Waals surface area contributed by atoms with Gasteiger partial charge in [0.15, 0.2) is 0 Å². The molecule has 0 unspecified atom stereocenters. The highest BCUT2D eigenvalue weighted by Crippen LogP contribution is 2.54. The van der Waals surface area contributed by atoms with Gasteiger partial charge in [-0.25, -0.2) is 0 Å². The number of benzene rings is 10. The van der Waals surface area contributed by atoms with Crippen LogP contribution in [-0.4, -0.2) is 0 Å². The van der Waals surface area contributed by atoms with Gasteiger partial charge in [0.25, 0.3) is 0 Å². The minimum absolute atomic E-state index is 0.158. The molecule has 11 aromatic rings. The molecule has 0 fully saturated rings. The summed E-state index contributed by atoms with van der Waals surface area (Å²) in [4.78, 5) is 2.43. The molecule has 10 aromatic carbocycles. The van der Waals surface area contributed by atoms with Crippen molar-refractivity contribution in [3.8, 4) is 44.5 Å². The molecule has 0 atom stereocenters. The minimum atomic E-state index is -0.158. The van der Waals surface area contributed by atoms with Crippen LogP contribution in [0.2, 0.25) is 0 Å². The molecule has 2 heteroatoms. The summed E-state index contributed by atoms with van der Waals surface area (Å²) >= 11 is 0. The molecule has 61 heavy (non-hydrogen) atoms. The normalized spacial score (nSPS) is 12.9. The summed E-state index contributed by atoms with van der Waals surface area (Å²) in [6.07, 6.45) is 0. The van der Waals surface area contributed by atoms with Crippen molar-refractivity contribution < 1.29 is 4.42 Å². The molecule has 12 rings (SSSR count). The number of para-hydroxylation sites is 2. The fourth-order valence-corrected chi connectivity index (χ4v) is 10.2. The van der Waals surface area contributed by atoms with Gasteiger partial charge in [-0.1, -0.05) is 178 Å². The van der Waals surface area contributed by atoms with Crippen molar-refractivity contribution in [2.75, 3.05) is 4.90 Å². The molecule has 0 saturated heterocycles. The van der Waals surface area contributed by atoms with E-state index < -0.39 is 0 Å². The molecule has 1 heterocycles. The average molecular weight is 780 g/mol. The minimum Gasteiger partial charge on any atom is -0.456 e. The number of hydrogen-bond acceptors (Lipinski definition) is 2. The largest absolute Gasteiger partial charge is 0.456 e. The molecule has 288 valence electrons. The van der Waals surface area contributed by atoms with Crippen LogP contribution in [0.4, 0.5) is 17.1 Å². The van der Waals surface area contributed by atoms with Crippen LogP contribution >= 0.6 is 0 Å². The molecule has 0 spiro atoms. The van der Waals surface area contributed by atoms with Crippen molar-refractivity contribution in [1.82, 2.24) is 0 Å². The maximum atomic E-state index is 6.17. The number of fused-ring (bicyclic) bond motifs is 9. The van der Waals surface area contributed by atoms with Crippen molar-refractivity contribution >= 4 is 60.5 Å². The van der Waals surface area contributed by atoms with Gasteiger partial charge in [-0.3, -0.25) is 0 Å². The summed E-state index contributed by atoms with van der Waals surface area (Å²) in [5.74, 6) is 0. The lowest BCUT2D eigenvalue weighted by Crippen LogP contribution is -2.17. The van der Waals surface area contributed by atoms with Gasteiger partial charge in [0.1, 0.15) is 11.2 Å². The molecule has 0 bridgehead atoms. The Labute approximate surface area is 355 Å². The van der Waals surface area contributed by atoms with E-state index in [0.717, 1.165) is 50.1 Å². The summed E-state index contributed by atoms with van der Waals surface area (Å²) in [6.45, 7) is 4.75. The highest BCUT2D eigenvalue weighted by Gasteiger charge is 2.37. The molecule has 1 aliphatic rings. The summed E-state index contributed by atoms with van der Waals surface area (Å²) in [7, 11) is 0. The fraction of sp³-hybridized carbons (Fsp3) is 0.0508. The van der Waals surface area contributed by atoms with Crippen molar-refractivity contribution in [3.63, 3.8) is 0 Å². The third-order valence-electron chi connectivity index (χ3n) is 13.1. The van der Waals surface area contributed by atoms with E-state index in [1.54, 1.807) is 0 Å². The van der Waals surface area contributed by atoms with E-state index in [9.17, 15) is 0 Å². The Kier molecular flexibility index (Phi) is 7.92. The van der Waals surface area contributed by atoms with Gasteiger partial charge in [-0.2, -0.15) is 0 Å². The predicted octanol–water partition coefficient (Wildman–Crippen LogP) is 16.7. The van der Waals surface area contributed by atoms with Crippen LogP contribution in [-0.2, 0) is 5.41 Å². The number of anilines is 3. The third kappa shape index (κ3) is 5.56. The highest BCUT2D eigenvalue weighted by molar-refractivity contribution is 6.12. The van der Waals surface area contributed by atoms with Crippen LogP contribution in [0, 0.1) is 0 Å². The van der Waals surface area contributed by atoms with E-state index in [2.05, 4.69) is 219 Å². The molecule has 1 aliphatic carbocycles. The second-order valence-corrected chi connectivity index (χ2v) is 16.8. The first-order chi connectivity index (χ1) is 30.0. The first-order valence-electron chi connectivity index (χ1n) is 21.2. The van der Waals surface area contributed by atoms with Gasteiger partial charge in [0, 0.05) is 33.1 Å². The van der Waals surface area contributed by atoms with E-state index in [1.165, 1.54) is 66.1 Å². The monoisotopic (exact) mass is 779 g/mol. The lowest BCUT2D eigenvalue weighted by atomic mass is 9.78. The van der Waals surface area contributed by atoms with E-state index in [1.807, 2.05) is 12.1 Å². The second kappa shape index (κ2) is 13.7. The summed E-state index contributed by atoms with van der Waals surface area (Å²) < 4.78 is 6.17. The number of nitrogens with zero attached hydrogens (tertiary/aromatic N) is 1. The van der Waals surface area contributed by atoms with Gasteiger partial charge < -0.3 is 9.32 Å². The molecule has 0 aliphatic heterocycles. The predicted molar refractivity (Wildman–Crippen MR) is 257 cm³/mol.